The van der Waals surface area contributed by atoms with Crippen LogP contribution >= 0.6 is 11.6 Å². The molecule has 0 aromatic rings. The van der Waals surface area contributed by atoms with Crippen molar-refractivity contribution in [2.45, 2.75) is 64.7 Å². The molecule has 1 N–H and O–H groups in total. The maximum Gasteiger partial charge on any atom is 0.219 e. The van der Waals surface area contributed by atoms with Gasteiger partial charge in [-0.05, 0) is 19.3 Å². The lowest BCUT2D eigenvalue weighted by atomic mass is 10.1. The Morgan fingerprint density at radius 1 is 1.00 bits per heavy atom. The van der Waals surface area contributed by atoms with Crippen LogP contribution in [0.15, 0.2) is 0 Å². The van der Waals surface area contributed by atoms with Gasteiger partial charge in [-0.1, -0.05) is 39.0 Å². The molecule has 0 saturated heterocycles. The number of nitrogens with one attached hydrogen (secondary N) is 1. The van der Waals surface area contributed by atoms with Crippen molar-refractivity contribution in [1.29, 1.82) is 0 Å². The van der Waals surface area contributed by atoms with Crippen LogP contribution in [0.1, 0.15) is 64.7 Å². The molecule has 96 valence electrons. The lowest BCUT2D eigenvalue weighted by Gasteiger charge is -2.04. The lowest BCUT2D eigenvalue weighted by Crippen LogP contribution is -2.23. The first kappa shape index (κ1) is 15.8. The number of amides is 1. The van der Waals surface area contributed by atoms with Gasteiger partial charge in [0.05, 0.1) is 0 Å². The number of alkyl halides is 1. The van der Waals surface area contributed by atoms with E-state index >= 15 is 0 Å². The second kappa shape index (κ2) is 12.8. The van der Waals surface area contributed by atoms with E-state index in [1.54, 1.807) is 0 Å². The highest BCUT2D eigenvalue weighted by molar-refractivity contribution is 6.17. The van der Waals surface area contributed by atoms with Gasteiger partial charge in [0.1, 0.15) is 0 Å². The summed E-state index contributed by atoms with van der Waals surface area (Å²) in [6, 6.07) is 0. The van der Waals surface area contributed by atoms with Crippen molar-refractivity contribution in [3.05, 3.63) is 0 Å². The van der Waals surface area contributed by atoms with Crippen LogP contribution < -0.4 is 5.32 Å². The normalized spacial score (nSPS) is 10.4. The summed E-state index contributed by atoms with van der Waals surface area (Å²) in [5.41, 5.74) is 0. The average molecular weight is 248 g/mol. The molecule has 0 unspecified atom stereocenters. The molecule has 0 radical (unpaired) electrons. The van der Waals surface area contributed by atoms with Crippen molar-refractivity contribution in [2.75, 3.05) is 12.4 Å². The smallest absolute Gasteiger partial charge is 0.219 e. The van der Waals surface area contributed by atoms with E-state index in [9.17, 15) is 4.79 Å². The highest BCUT2D eigenvalue weighted by Gasteiger charge is 1.99. The first-order valence-electron chi connectivity index (χ1n) is 6.64. The Morgan fingerprint density at radius 2 is 1.69 bits per heavy atom. The molecule has 0 spiro atoms. The minimum Gasteiger partial charge on any atom is -0.356 e. The zero-order valence-electron chi connectivity index (χ0n) is 10.6. The highest BCUT2D eigenvalue weighted by Crippen LogP contribution is 2.04. The van der Waals surface area contributed by atoms with E-state index in [4.69, 9.17) is 11.6 Å². The summed E-state index contributed by atoms with van der Waals surface area (Å²) < 4.78 is 0. The van der Waals surface area contributed by atoms with E-state index in [1.165, 1.54) is 32.1 Å². The number of halogens is 1. The molecule has 0 atom stereocenters. The van der Waals surface area contributed by atoms with E-state index in [1.807, 2.05) is 0 Å². The van der Waals surface area contributed by atoms with E-state index in [0.717, 1.165) is 25.8 Å². The second-order valence-electron chi connectivity index (χ2n) is 4.26. The van der Waals surface area contributed by atoms with Crippen LogP contribution in [0.25, 0.3) is 0 Å². The van der Waals surface area contributed by atoms with Crippen molar-refractivity contribution in [2.24, 2.45) is 0 Å². The second-order valence-corrected chi connectivity index (χ2v) is 4.64. The first-order chi connectivity index (χ1) is 7.81. The summed E-state index contributed by atoms with van der Waals surface area (Å²) in [7, 11) is 0. The summed E-state index contributed by atoms with van der Waals surface area (Å²) in [5, 5.41) is 2.95. The van der Waals surface area contributed by atoms with Gasteiger partial charge in [-0.25, -0.2) is 0 Å². The Hall–Kier alpha value is -0.240. The number of hydrogen-bond donors (Lipinski definition) is 1. The quantitative estimate of drug-likeness (QED) is 0.436. The number of hydrogen-bond acceptors (Lipinski definition) is 1. The molecule has 0 aliphatic heterocycles. The van der Waals surface area contributed by atoms with E-state index in [2.05, 4.69) is 12.2 Å². The third kappa shape index (κ3) is 11.8. The van der Waals surface area contributed by atoms with Crippen molar-refractivity contribution in [1.82, 2.24) is 5.32 Å². The van der Waals surface area contributed by atoms with Gasteiger partial charge in [0.25, 0.3) is 0 Å². The monoisotopic (exact) mass is 247 g/mol. The third-order valence-corrected chi connectivity index (χ3v) is 2.91. The number of unbranched alkanes of at least 4 members (excludes halogenated alkanes) is 6. The predicted molar refractivity (Wildman–Crippen MR) is 71.0 cm³/mol. The van der Waals surface area contributed by atoms with Gasteiger partial charge >= 0.3 is 0 Å². The molecule has 0 bridgehead atoms. The van der Waals surface area contributed by atoms with Gasteiger partial charge < -0.3 is 5.32 Å². The molecule has 0 rings (SSSR count). The molecular weight excluding hydrogens is 222 g/mol. The summed E-state index contributed by atoms with van der Waals surface area (Å²) >= 11 is 5.54. The van der Waals surface area contributed by atoms with Gasteiger partial charge in [0.2, 0.25) is 5.91 Å². The minimum atomic E-state index is 0.179. The highest BCUT2D eigenvalue weighted by atomic mass is 35.5. The molecule has 3 heteroatoms. The Balaban J connectivity index is 3.09. The molecule has 0 aromatic heterocycles. The molecule has 0 aromatic carbocycles. The van der Waals surface area contributed by atoms with Crippen LogP contribution in [-0.2, 0) is 4.79 Å². The third-order valence-electron chi connectivity index (χ3n) is 2.64. The Labute approximate surface area is 105 Å². The predicted octanol–water partition coefficient (Wildman–Crippen LogP) is 3.87. The van der Waals surface area contributed by atoms with Gasteiger partial charge in [-0.15, -0.1) is 11.6 Å². The van der Waals surface area contributed by atoms with Gasteiger partial charge in [-0.3, -0.25) is 4.79 Å². The molecule has 1 amide bonds. The zero-order chi connectivity index (χ0) is 12.1. The number of rotatable bonds is 11. The van der Waals surface area contributed by atoms with Crippen molar-refractivity contribution in [3.63, 3.8) is 0 Å². The number of carbonyl (C=O) groups excluding carboxylic acids is 1. The fourth-order valence-corrected chi connectivity index (χ4v) is 1.79. The molecule has 0 aliphatic carbocycles. The number of carbonyl (C=O) groups is 1. The molecule has 0 fully saturated rings. The summed E-state index contributed by atoms with van der Waals surface area (Å²) in [5.74, 6) is 0.837. The molecule has 2 nitrogen and oxygen atoms in total. The maximum absolute atomic E-state index is 11.3. The van der Waals surface area contributed by atoms with Crippen LogP contribution in [0, 0.1) is 0 Å². The lowest BCUT2D eigenvalue weighted by molar-refractivity contribution is -0.121. The fourth-order valence-electron chi connectivity index (χ4n) is 1.60. The Bertz CT molecular complexity index is 162. The van der Waals surface area contributed by atoms with Gasteiger partial charge in [0, 0.05) is 18.8 Å². The Morgan fingerprint density at radius 3 is 2.38 bits per heavy atom. The van der Waals surface area contributed by atoms with Crippen molar-refractivity contribution < 1.29 is 4.79 Å². The first-order valence-corrected chi connectivity index (χ1v) is 7.17. The van der Waals surface area contributed by atoms with Crippen LogP contribution in [0.2, 0.25) is 0 Å². The van der Waals surface area contributed by atoms with Gasteiger partial charge in [0.15, 0.2) is 0 Å². The van der Waals surface area contributed by atoms with Crippen LogP contribution in [-0.4, -0.2) is 18.3 Å². The molecule has 0 aliphatic rings. The summed E-state index contributed by atoms with van der Waals surface area (Å²) in [6.45, 7) is 3.06. The van der Waals surface area contributed by atoms with Crippen LogP contribution in [0.5, 0.6) is 0 Å². The minimum absolute atomic E-state index is 0.179. The standard InChI is InChI=1S/C13H26ClNO/c1-2-3-4-5-6-9-12-15-13(16)10-7-8-11-14/h2-12H2,1H3,(H,15,16). The SMILES string of the molecule is CCCCCCCCNC(=O)CCCCCl. The van der Waals surface area contributed by atoms with E-state index in [0.29, 0.717) is 12.3 Å². The largest absolute Gasteiger partial charge is 0.356 e. The van der Waals surface area contributed by atoms with Crippen molar-refractivity contribution >= 4 is 17.5 Å². The van der Waals surface area contributed by atoms with Gasteiger partial charge in [-0.2, -0.15) is 0 Å². The molecule has 0 heterocycles. The summed E-state index contributed by atoms with van der Waals surface area (Å²) in [6.07, 6.45) is 10.1. The molecule has 0 saturated carbocycles. The van der Waals surface area contributed by atoms with Crippen LogP contribution in [0.4, 0.5) is 0 Å². The topological polar surface area (TPSA) is 29.1 Å². The Kier molecular flexibility index (Phi) is 12.6. The average Bonchev–Trinajstić information content (AvgIpc) is 2.28. The van der Waals surface area contributed by atoms with Crippen LogP contribution in [0.3, 0.4) is 0 Å². The summed E-state index contributed by atoms with van der Waals surface area (Å²) in [4.78, 5) is 11.3. The van der Waals surface area contributed by atoms with E-state index < -0.39 is 0 Å². The fraction of sp³-hybridized carbons (Fsp3) is 0.923. The zero-order valence-corrected chi connectivity index (χ0v) is 11.3. The van der Waals surface area contributed by atoms with Crippen molar-refractivity contribution in [3.8, 4) is 0 Å². The molecule has 16 heavy (non-hydrogen) atoms. The molecular formula is C13H26ClNO. The van der Waals surface area contributed by atoms with E-state index in [-0.39, 0.29) is 5.91 Å². The maximum atomic E-state index is 11.3.